The maximum atomic E-state index is 6.02. The van der Waals surface area contributed by atoms with Crippen LogP contribution < -0.4 is 5.32 Å². The first-order valence-electron chi connectivity index (χ1n) is 5.72. The second kappa shape index (κ2) is 4.53. The predicted molar refractivity (Wildman–Crippen MR) is 70.8 cm³/mol. The van der Waals surface area contributed by atoms with Crippen LogP contribution in [0.2, 0.25) is 0 Å². The highest BCUT2D eigenvalue weighted by Crippen LogP contribution is 2.21. The molecule has 1 unspecified atom stereocenters. The molecule has 2 aromatic heterocycles. The largest absolute Gasteiger partial charge is 0.364 e. The first-order chi connectivity index (χ1) is 8.08. The molecule has 4 nitrogen and oxygen atoms in total. The lowest BCUT2D eigenvalue weighted by atomic mass is 10.0. The van der Waals surface area contributed by atoms with Crippen LogP contribution in [0.1, 0.15) is 25.8 Å². The number of hydrogen-bond acceptors (Lipinski definition) is 3. The van der Waals surface area contributed by atoms with Crippen LogP contribution in [0.5, 0.6) is 0 Å². The molecule has 0 fully saturated rings. The number of alkyl halides is 1. The van der Waals surface area contributed by atoms with Gasteiger partial charge in [0.05, 0.1) is 0 Å². The van der Waals surface area contributed by atoms with Crippen molar-refractivity contribution < 1.29 is 0 Å². The van der Waals surface area contributed by atoms with Crippen molar-refractivity contribution >= 4 is 23.1 Å². The summed E-state index contributed by atoms with van der Waals surface area (Å²) in [5.41, 5.74) is 1.87. The van der Waals surface area contributed by atoms with Gasteiger partial charge in [-0.1, -0.05) is 6.92 Å². The molecule has 2 aromatic rings. The molecule has 0 aliphatic rings. The van der Waals surface area contributed by atoms with Crippen LogP contribution in [0.25, 0.3) is 5.65 Å². The van der Waals surface area contributed by atoms with Crippen LogP contribution >= 0.6 is 11.6 Å². The summed E-state index contributed by atoms with van der Waals surface area (Å²) in [4.78, 5) is 4.20. The molecule has 1 N–H and O–H groups in total. The minimum absolute atomic E-state index is 0.131. The summed E-state index contributed by atoms with van der Waals surface area (Å²) in [6.45, 7) is 6.26. The van der Waals surface area contributed by atoms with E-state index in [0.717, 1.165) is 23.4 Å². The molecule has 2 rings (SSSR count). The zero-order valence-corrected chi connectivity index (χ0v) is 11.1. The number of pyridine rings is 1. The van der Waals surface area contributed by atoms with Gasteiger partial charge >= 0.3 is 0 Å². The Balaban J connectivity index is 2.44. The van der Waals surface area contributed by atoms with Gasteiger partial charge in [-0.3, -0.25) is 0 Å². The van der Waals surface area contributed by atoms with E-state index in [2.05, 4.69) is 35.3 Å². The molecule has 0 amide bonds. The van der Waals surface area contributed by atoms with Gasteiger partial charge < -0.3 is 5.32 Å². The van der Waals surface area contributed by atoms with Crippen molar-refractivity contribution in [1.82, 2.24) is 14.6 Å². The van der Waals surface area contributed by atoms with E-state index in [0.29, 0.717) is 5.88 Å². The number of aromatic nitrogens is 3. The van der Waals surface area contributed by atoms with Gasteiger partial charge in [-0.25, -0.2) is 4.98 Å². The van der Waals surface area contributed by atoms with E-state index in [9.17, 15) is 0 Å². The van der Waals surface area contributed by atoms with Crippen molar-refractivity contribution in [3.63, 3.8) is 0 Å². The third kappa shape index (κ3) is 2.36. The third-order valence-corrected chi connectivity index (χ3v) is 3.62. The average molecular weight is 253 g/mol. The highest BCUT2D eigenvalue weighted by atomic mass is 35.5. The standard InChI is InChI=1S/C12H17ClN4/c1-4-12(3,7-13)16-11-6-9(2)5-10-14-8-15-17(10)11/h5-6,8,16H,4,7H2,1-3H3. The number of halogens is 1. The normalized spacial score (nSPS) is 14.8. The van der Waals surface area contributed by atoms with Gasteiger partial charge in [-0.2, -0.15) is 9.61 Å². The van der Waals surface area contributed by atoms with E-state index in [-0.39, 0.29) is 5.54 Å². The molecule has 1 atom stereocenters. The van der Waals surface area contributed by atoms with Crippen LogP contribution in [0.15, 0.2) is 18.5 Å². The summed E-state index contributed by atoms with van der Waals surface area (Å²) in [5, 5.41) is 7.67. The summed E-state index contributed by atoms with van der Waals surface area (Å²) in [5.74, 6) is 1.48. The van der Waals surface area contributed by atoms with Crippen LogP contribution in [0.4, 0.5) is 5.82 Å². The number of fused-ring (bicyclic) bond motifs is 1. The predicted octanol–water partition coefficient (Wildman–Crippen LogP) is 2.86. The number of nitrogens with one attached hydrogen (secondary N) is 1. The van der Waals surface area contributed by atoms with Crippen molar-refractivity contribution in [2.45, 2.75) is 32.7 Å². The van der Waals surface area contributed by atoms with Gasteiger partial charge in [-0.15, -0.1) is 11.6 Å². The Hall–Kier alpha value is -1.29. The Kier molecular flexibility index (Phi) is 3.24. The number of aryl methyl sites for hydroxylation is 1. The molecule has 5 heteroatoms. The topological polar surface area (TPSA) is 42.2 Å². The minimum atomic E-state index is -0.131. The molecule has 2 heterocycles. The van der Waals surface area contributed by atoms with Gasteiger partial charge in [0.2, 0.25) is 0 Å². The van der Waals surface area contributed by atoms with Crippen molar-refractivity contribution in [2.75, 3.05) is 11.2 Å². The number of nitrogens with zero attached hydrogens (tertiary/aromatic N) is 3. The third-order valence-electron chi connectivity index (χ3n) is 3.03. The van der Waals surface area contributed by atoms with Gasteiger partial charge in [0.15, 0.2) is 5.65 Å². The fourth-order valence-electron chi connectivity index (χ4n) is 1.67. The maximum absolute atomic E-state index is 6.02. The van der Waals surface area contributed by atoms with Crippen molar-refractivity contribution in [1.29, 1.82) is 0 Å². The lowest BCUT2D eigenvalue weighted by Gasteiger charge is -2.28. The van der Waals surface area contributed by atoms with Crippen LogP contribution in [0.3, 0.4) is 0 Å². The molecule has 0 saturated heterocycles. The number of hydrogen-bond donors (Lipinski definition) is 1. The Morgan fingerprint density at radius 2 is 2.24 bits per heavy atom. The lowest BCUT2D eigenvalue weighted by molar-refractivity contribution is 0.549. The minimum Gasteiger partial charge on any atom is -0.364 e. The van der Waals surface area contributed by atoms with E-state index in [1.807, 2.05) is 13.0 Å². The van der Waals surface area contributed by atoms with Crippen molar-refractivity contribution in [3.05, 3.63) is 24.0 Å². The summed E-state index contributed by atoms with van der Waals surface area (Å²) in [6, 6.07) is 4.06. The smallest absolute Gasteiger partial charge is 0.157 e. The van der Waals surface area contributed by atoms with E-state index in [4.69, 9.17) is 11.6 Å². The fourth-order valence-corrected chi connectivity index (χ4v) is 1.93. The van der Waals surface area contributed by atoms with Gasteiger partial charge in [-0.05, 0) is 38.0 Å². The van der Waals surface area contributed by atoms with Crippen molar-refractivity contribution in [3.8, 4) is 0 Å². The van der Waals surface area contributed by atoms with Crippen LogP contribution in [-0.4, -0.2) is 26.0 Å². The van der Waals surface area contributed by atoms with Gasteiger partial charge in [0, 0.05) is 11.4 Å². The van der Waals surface area contributed by atoms with Gasteiger partial charge in [0.25, 0.3) is 0 Å². The molecule has 17 heavy (non-hydrogen) atoms. The SMILES string of the molecule is CCC(C)(CCl)Nc1cc(C)cc2ncnn12. The van der Waals surface area contributed by atoms with E-state index in [1.54, 1.807) is 10.8 Å². The Bertz CT molecular complexity index is 516. The second-order valence-electron chi connectivity index (χ2n) is 4.62. The van der Waals surface area contributed by atoms with Crippen LogP contribution in [-0.2, 0) is 0 Å². The first kappa shape index (κ1) is 12.2. The molecule has 0 aliphatic carbocycles. The molecular formula is C12H17ClN4. The summed E-state index contributed by atoms with van der Waals surface area (Å²) < 4.78 is 1.80. The summed E-state index contributed by atoms with van der Waals surface area (Å²) in [6.07, 6.45) is 2.50. The molecule has 92 valence electrons. The van der Waals surface area contributed by atoms with Crippen LogP contribution in [0, 0.1) is 6.92 Å². The average Bonchev–Trinajstić information content (AvgIpc) is 2.77. The van der Waals surface area contributed by atoms with Crippen molar-refractivity contribution in [2.24, 2.45) is 0 Å². The highest BCUT2D eigenvalue weighted by Gasteiger charge is 2.21. The second-order valence-corrected chi connectivity index (χ2v) is 4.89. The Morgan fingerprint density at radius 3 is 2.88 bits per heavy atom. The number of rotatable bonds is 4. The molecule has 0 bridgehead atoms. The summed E-state index contributed by atoms with van der Waals surface area (Å²) in [7, 11) is 0. The first-order valence-corrected chi connectivity index (χ1v) is 6.26. The fraction of sp³-hybridized carbons (Fsp3) is 0.500. The Labute approximate surface area is 106 Å². The Morgan fingerprint density at radius 1 is 1.47 bits per heavy atom. The van der Waals surface area contributed by atoms with E-state index < -0.39 is 0 Å². The van der Waals surface area contributed by atoms with E-state index in [1.165, 1.54) is 0 Å². The maximum Gasteiger partial charge on any atom is 0.157 e. The zero-order valence-electron chi connectivity index (χ0n) is 10.4. The molecule has 0 radical (unpaired) electrons. The molecule has 0 spiro atoms. The lowest BCUT2D eigenvalue weighted by Crippen LogP contribution is -2.36. The summed E-state index contributed by atoms with van der Waals surface area (Å²) >= 11 is 6.02. The molecule has 0 aromatic carbocycles. The molecule has 0 aliphatic heterocycles. The molecule has 0 saturated carbocycles. The highest BCUT2D eigenvalue weighted by molar-refractivity contribution is 6.18. The van der Waals surface area contributed by atoms with Gasteiger partial charge in [0.1, 0.15) is 12.1 Å². The monoisotopic (exact) mass is 252 g/mol. The van der Waals surface area contributed by atoms with E-state index >= 15 is 0 Å². The quantitative estimate of drug-likeness (QED) is 0.851. The number of anilines is 1. The zero-order chi connectivity index (χ0) is 12.5. The molecular weight excluding hydrogens is 236 g/mol.